The topological polar surface area (TPSA) is 24.1 Å². The molecule has 4 heteroatoms. The van der Waals surface area contributed by atoms with Crippen molar-refractivity contribution in [3.8, 4) is 0 Å². The van der Waals surface area contributed by atoms with E-state index in [-0.39, 0.29) is 11.1 Å². The van der Waals surface area contributed by atoms with Crippen molar-refractivity contribution in [3.05, 3.63) is 32.7 Å². The van der Waals surface area contributed by atoms with Gasteiger partial charge >= 0.3 is 0 Å². The molecule has 1 unspecified atom stereocenters. The highest BCUT2D eigenvalue weighted by atomic mass is 79.9. The third kappa shape index (κ3) is 4.78. The normalized spacial score (nSPS) is 23.0. The van der Waals surface area contributed by atoms with E-state index in [9.17, 15) is 0 Å². The van der Waals surface area contributed by atoms with Crippen LogP contribution in [0.5, 0.6) is 0 Å². The Labute approximate surface area is 145 Å². The summed E-state index contributed by atoms with van der Waals surface area (Å²) in [7, 11) is 0. The Balaban J connectivity index is 2.10. The lowest BCUT2D eigenvalue weighted by Gasteiger charge is -2.47. The van der Waals surface area contributed by atoms with E-state index in [1.165, 1.54) is 5.56 Å². The summed E-state index contributed by atoms with van der Waals surface area (Å²) in [4.78, 5) is 0. The Morgan fingerprint density at radius 1 is 1.14 bits per heavy atom. The summed E-state index contributed by atoms with van der Waals surface area (Å²) < 4.78 is 2.26. The average Bonchev–Trinajstić information content (AvgIpc) is 2.23. The van der Waals surface area contributed by atoms with Crippen LogP contribution in [0.15, 0.2) is 27.1 Å². The van der Waals surface area contributed by atoms with Crippen molar-refractivity contribution < 1.29 is 0 Å². The molecule has 1 heterocycles. The number of hydrogen-bond donors (Lipinski definition) is 2. The predicted octanol–water partition coefficient (Wildman–Crippen LogP) is 5.17. The number of nitrogens with one attached hydrogen (secondary N) is 2. The maximum Gasteiger partial charge on any atom is 0.0305 e. The van der Waals surface area contributed by atoms with Crippen LogP contribution < -0.4 is 10.6 Å². The molecular formula is C17H26Br2N2. The van der Waals surface area contributed by atoms with Crippen molar-refractivity contribution in [2.75, 3.05) is 0 Å². The summed E-state index contributed by atoms with van der Waals surface area (Å²) in [5, 5.41) is 7.56. The van der Waals surface area contributed by atoms with Crippen molar-refractivity contribution in [3.63, 3.8) is 0 Å². The van der Waals surface area contributed by atoms with Crippen LogP contribution in [0.4, 0.5) is 0 Å². The second-order valence-corrected chi connectivity index (χ2v) is 9.32. The molecule has 118 valence electrons. The van der Waals surface area contributed by atoms with Gasteiger partial charge in [-0.1, -0.05) is 37.9 Å². The fourth-order valence-corrected chi connectivity index (χ4v) is 5.13. The standard InChI is InChI=1S/C17H26Br2N2/c1-11(14-7-6-12(18)8-15(14)19)20-13-9-16(2,3)21-17(4,5)10-13/h6-8,11,13,20-21H,9-10H2,1-5H3. The predicted molar refractivity (Wildman–Crippen MR) is 97.7 cm³/mol. The van der Waals surface area contributed by atoms with Crippen LogP contribution >= 0.6 is 31.9 Å². The summed E-state index contributed by atoms with van der Waals surface area (Å²) in [5.41, 5.74) is 1.67. The molecule has 1 aromatic carbocycles. The fourth-order valence-electron chi connectivity index (χ4n) is 3.74. The van der Waals surface area contributed by atoms with Crippen molar-refractivity contribution in [1.82, 2.24) is 10.6 Å². The van der Waals surface area contributed by atoms with Crippen LogP contribution in [-0.2, 0) is 0 Å². The van der Waals surface area contributed by atoms with Gasteiger partial charge in [0.2, 0.25) is 0 Å². The van der Waals surface area contributed by atoms with Crippen molar-refractivity contribution in [2.45, 2.75) is 70.6 Å². The molecule has 1 aromatic rings. The molecule has 1 aliphatic rings. The number of benzene rings is 1. The third-order valence-corrected chi connectivity index (χ3v) is 5.28. The van der Waals surface area contributed by atoms with E-state index in [1.54, 1.807) is 0 Å². The van der Waals surface area contributed by atoms with Crippen LogP contribution in [0.2, 0.25) is 0 Å². The van der Waals surface area contributed by atoms with Crippen molar-refractivity contribution >= 4 is 31.9 Å². The van der Waals surface area contributed by atoms with Gasteiger partial charge in [0.15, 0.2) is 0 Å². The molecule has 1 saturated heterocycles. The Morgan fingerprint density at radius 3 is 2.24 bits per heavy atom. The van der Waals surface area contributed by atoms with E-state index in [2.05, 4.69) is 95.3 Å². The molecule has 0 amide bonds. The average molecular weight is 418 g/mol. The molecule has 0 aliphatic carbocycles. The zero-order valence-corrected chi connectivity index (χ0v) is 16.7. The quantitative estimate of drug-likeness (QED) is 0.708. The van der Waals surface area contributed by atoms with Gasteiger partial charge in [-0.15, -0.1) is 0 Å². The number of hydrogen-bond acceptors (Lipinski definition) is 2. The van der Waals surface area contributed by atoms with E-state index in [4.69, 9.17) is 0 Å². The lowest BCUT2D eigenvalue weighted by molar-refractivity contribution is 0.141. The molecule has 2 rings (SSSR count). The van der Waals surface area contributed by atoms with Gasteiger partial charge in [-0.2, -0.15) is 0 Å². The van der Waals surface area contributed by atoms with Crippen LogP contribution in [0, 0.1) is 0 Å². The maximum atomic E-state index is 3.82. The molecule has 1 atom stereocenters. The smallest absolute Gasteiger partial charge is 0.0305 e. The number of halogens is 2. The minimum absolute atomic E-state index is 0.177. The molecule has 21 heavy (non-hydrogen) atoms. The molecule has 1 fully saturated rings. The fraction of sp³-hybridized carbons (Fsp3) is 0.647. The van der Waals surface area contributed by atoms with E-state index < -0.39 is 0 Å². The van der Waals surface area contributed by atoms with Gasteiger partial charge in [0.25, 0.3) is 0 Å². The lowest BCUT2D eigenvalue weighted by Crippen LogP contribution is -2.61. The molecule has 2 nitrogen and oxygen atoms in total. The molecule has 0 bridgehead atoms. The largest absolute Gasteiger partial charge is 0.307 e. The molecule has 2 N–H and O–H groups in total. The Morgan fingerprint density at radius 2 is 1.71 bits per heavy atom. The van der Waals surface area contributed by atoms with Gasteiger partial charge in [-0.3, -0.25) is 0 Å². The minimum Gasteiger partial charge on any atom is -0.307 e. The molecule has 1 aliphatic heterocycles. The maximum absolute atomic E-state index is 3.82. The van der Waals surface area contributed by atoms with E-state index >= 15 is 0 Å². The van der Waals surface area contributed by atoms with Crippen LogP contribution in [0.25, 0.3) is 0 Å². The molecule has 0 saturated carbocycles. The molecule has 0 radical (unpaired) electrons. The third-order valence-electron chi connectivity index (χ3n) is 4.10. The first kappa shape index (κ1) is 17.5. The van der Waals surface area contributed by atoms with Gasteiger partial charge in [0.05, 0.1) is 0 Å². The highest BCUT2D eigenvalue weighted by molar-refractivity contribution is 9.11. The molecule has 0 aromatic heterocycles. The first-order chi connectivity index (χ1) is 9.58. The van der Waals surface area contributed by atoms with Gasteiger partial charge in [0, 0.05) is 32.1 Å². The van der Waals surface area contributed by atoms with Crippen LogP contribution in [0.1, 0.15) is 59.1 Å². The second-order valence-electron chi connectivity index (χ2n) is 7.55. The SMILES string of the molecule is CC(NC1CC(C)(C)NC(C)(C)C1)c1ccc(Br)cc1Br. The van der Waals surface area contributed by atoms with Crippen LogP contribution in [-0.4, -0.2) is 17.1 Å². The molecule has 0 spiro atoms. The van der Waals surface area contributed by atoms with E-state index in [0.717, 1.165) is 21.8 Å². The zero-order chi connectivity index (χ0) is 15.8. The zero-order valence-electron chi connectivity index (χ0n) is 13.6. The summed E-state index contributed by atoms with van der Waals surface area (Å²) in [6.07, 6.45) is 2.30. The van der Waals surface area contributed by atoms with Gasteiger partial charge < -0.3 is 10.6 Å². The van der Waals surface area contributed by atoms with Crippen LogP contribution in [0.3, 0.4) is 0 Å². The Bertz CT molecular complexity index is 496. The summed E-state index contributed by atoms with van der Waals surface area (Å²) in [6, 6.07) is 7.27. The number of piperidine rings is 1. The summed E-state index contributed by atoms with van der Waals surface area (Å²) in [5.74, 6) is 0. The highest BCUT2D eigenvalue weighted by Crippen LogP contribution is 2.32. The monoisotopic (exact) mass is 416 g/mol. The van der Waals surface area contributed by atoms with Gasteiger partial charge in [-0.25, -0.2) is 0 Å². The second kappa shape index (κ2) is 6.31. The van der Waals surface area contributed by atoms with E-state index in [1.807, 2.05) is 0 Å². The van der Waals surface area contributed by atoms with Crippen molar-refractivity contribution in [1.29, 1.82) is 0 Å². The highest BCUT2D eigenvalue weighted by Gasteiger charge is 2.37. The minimum atomic E-state index is 0.177. The van der Waals surface area contributed by atoms with Crippen molar-refractivity contribution in [2.24, 2.45) is 0 Å². The van der Waals surface area contributed by atoms with E-state index in [0.29, 0.717) is 12.1 Å². The first-order valence-electron chi connectivity index (χ1n) is 7.58. The number of rotatable bonds is 3. The lowest BCUT2D eigenvalue weighted by atomic mass is 9.79. The Kier molecular flexibility index (Phi) is 5.24. The molecular weight excluding hydrogens is 392 g/mol. The summed E-state index contributed by atoms with van der Waals surface area (Å²) in [6.45, 7) is 11.4. The first-order valence-corrected chi connectivity index (χ1v) is 9.17. The summed E-state index contributed by atoms with van der Waals surface area (Å²) >= 11 is 7.19. The van der Waals surface area contributed by atoms with Gasteiger partial charge in [0.1, 0.15) is 0 Å². The Hall–Kier alpha value is 0.1000. The van der Waals surface area contributed by atoms with Gasteiger partial charge in [-0.05, 0) is 65.2 Å².